The van der Waals surface area contributed by atoms with Gasteiger partial charge in [0.15, 0.2) is 5.76 Å². The minimum Gasteiger partial charge on any atom is -0.452 e. The highest BCUT2D eigenvalue weighted by atomic mass is 35.5. The van der Waals surface area contributed by atoms with E-state index in [2.05, 4.69) is 0 Å². The van der Waals surface area contributed by atoms with Crippen molar-refractivity contribution in [1.82, 2.24) is 4.90 Å². The van der Waals surface area contributed by atoms with E-state index in [0.717, 1.165) is 5.56 Å². The maximum absolute atomic E-state index is 12.5. The SMILES string of the molecule is CCN(CC)C(=O)Oc1ccc2c(c1)O/C(=C\c1ccc(Cl)cc1)C2=O. The average molecular weight is 372 g/mol. The van der Waals surface area contributed by atoms with Crippen LogP contribution >= 0.6 is 11.6 Å². The molecule has 6 heteroatoms. The van der Waals surface area contributed by atoms with Gasteiger partial charge in [0.25, 0.3) is 0 Å². The molecule has 0 radical (unpaired) electrons. The lowest BCUT2D eigenvalue weighted by molar-refractivity contribution is 0.101. The molecule has 1 amide bonds. The van der Waals surface area contributed by atoms with Crippen LogP contribution in [0.15, 0.2) is 48.2 Å². The van der Waals surface area contributed by atoms with Gasteiger partial charge in [0.05, 0.1) is 5.56 Å². The number of allylic oxidation sites excluding steroid dienone is 1. The Morgan fingerprint density at radius 2 is 1.85 bits per heavy atom. The van der Waals surface area contributed by atoms with Crippen LogP contribution in [0.1, 0.15) is 29.8 Å². The van der Waals surface area contributed by atoms with E-state index in [1.165, 1.54) is 0 Å². The molecule has 1 aliphatic rings. The number of fused-ring (bicyclic) bond motifs is 1. The number of Topliss-reactive ketones (excluding diaryl/α,β-unsaturated/α-hetero) is 1. The Morgan fingerprint density at radius 1 is 1.15 bits per heavy atom. The summed E-state index contributed by atoms with van der Waals surface area (Å²) in [5, 5.41) is 0.619. The van der Waals surface area contributed by atoms with E-state index >= 15 is 0 Å². The molecule has 2 aromatic carbocycles. The molecule has 3 rings (SSSR count). The van der Waals surface area contributed by atoms with Crippen LogP contribution in [0.5, 0.6) is 11.5 Å². The fourth-order valence-electron chi connectivity index (χ4n) is 2.59. The third-order valence-corrected chi connectivity index (χ3v) is 4.29. The number of halogens is 1. The molecule has 2 aromatic rings. The van der Waals surface area contributed by atoms with Crippen molar-refractivity contribution in [3.8, 4) is 11.5 Å². The van der Waals surface area contributed by atoms with Gasteiger partial charge in [0.2, 0.25) is 5.78 Å². The first-order valence-electron chi connectivity index (χ1n) is 8.32. The van der Waals surface area contributed by atoms with Gasteiger partial charge in [-0.15, -0.1) is 0 Å². The first-order valence-corrected chi connectivity index (χ1v) is 8.70. The molecule has 0 atom stereocenters. The number of carbonyl (C=O) groups excluding carboxylic acids is 2. The first kappa shape index (κ1) is 18.0. The third-order valence-electron chi connectivity index (χ3n) is 4.04. The van der Waals surface area contributed by atoms with Crippen molar-refractivity contribution in [2.45, 2.75) is 13.8 Å². The minimum absolute atomic E-state index is 0.212. The third kappa shape index (κ3) is 3.73. The van der Waals surface area contributed by atoms with Crippen LogP contribution in [0.2, 0.25) is 5.02 Å². The lowest BCUT2D eigenvalue weighted by atomic mass is 10.1. The molecular weight excluding hydrogens is 354 g/mol. The number of carbonyl (C=O) groups is 2. The molecule has 0 aromatic heterocycles. The summed E-state index contributed by atoms with van der Waals surface area (Å²) in [6.45, 7) is 4.87. The largest absolute Gasteiger partial charge is 0.452 e. The molecule has 26 heavy (non-hydrogen) atoms. The topological polar surface area (TPSA) is 55.8 Å². The fraction of sp³-hybridized carbons (Fsp3) is 0.200. The summed E-state index contributed by atoms with van der Waals surface area (Å²) in [5.74, 6) is 0.715. The van der Waals surface area contributed by atoms with Crippen LogP contribution in [-0.4, -0.2) is 29.9 Å². The van der Waals surface area contributed by atoms with E-state index in [9.17, 15) is 9.59 Å². The van der Waals surface area contributed by atoms with Crippen molar-refractivity contribution in [2.75, 3.05) is 13.1 Å². The predicted octanol–water partition coefficient (Wildman–Crippen LogP) is 4.80. The summed E-state index contributed by atoms with van der Waals surface area (Å²) in [5.41, 5.74) is 1.24. The number of amides is 1. The maximum Gasteiger partial charge on any atom is 0.415 e. The quantitative estimate of drug-likeness (QED) is 0.724. The average Bonchev–Trinajstić information content (AvgIpc) is 2.93. The molecule has 5 nitrogen and oxygen atoms in total. The van der Waals surface area contributed by atoms with E-state index in [4.69, 9.17) is 21.1 Å². The molecule has 0 saturated heterocycles. The Hall–Kier alpha value is -2.79. The number of benzene rings is 2. The summed E-state index contributed by atoms with van der Waals surface area (Å²) < 4.78 is 11.0. The van der Waals surface area contributed by atoms with E-state index in [1.807, 2.05) is 13.8 Å². The Morgan fingerprint density at radius 3 is 2.50 bits per heavy atom. The van der Waals surface area contributed by atoms with Gasteiger partial charge in [0.1, 0.15) is 11.5 Å². The van der Waals surface area contributed by atoms with Crippen molar-refractivity contribution in [1.29, 1.82) is 0 Å². The molecule has 0 bridgehead atoms. The van der Waals surface area contributed by atoms with Crippen LogP contribution in [0, 0.1) is 0 Å². The molecule has 0 aliphatic carbocycles. The minimum atomic E-state index is -0.434. The second kappa shape index (κ2) is 7.62. The van der Waals surface area contributed by atoms with Gasteiger partial charge in [0, 0.05) is 24.2 Å². The molecule has 0 spiro atoms. The highest BCUT2D eigenvalue weighted by Crippen LogP contribution is 2.35. The summed E-state index contributed by atoms with van der Waals surface area (Å²) in [6.07, 6.45) is 1.22. The number of ether oxygens (including phenoxy) is 2. The second-order valence-electron chi connectivity index (χ2n) is 5.69. The number of hydrogen-bond acceptors (Lipinski definition) is 4. The van der Waals surface area contributed by atoms with Gasteiger partial charge < -0.3 is 14.4 Å². The summed E-state index contributed by atoms with van der Waals surface area (Å²) in [6, 6.07) is 11.8. The predicted molar refractivity (Wildman–Crippen MR) is 99.8 cm³/mol. The smallest absolute Gasteiger partial charge is 0.415 e. The standard InChI is InChI=1S/C20H18ClNO4/c1-3-22(4-2)20(24)25-15-9-10-16-17(12-15)26-18(19(16)23)11-13-5-7-14(21)8-6-13/h5-12H,3-4H2,1-2H3/b18-11-. The number of rotatable bonds is 4. The molecule has 1 heterocycles. The Bertz CT molecular complexity index is 870. The van der Waals surface area contributed by atoms with Gasteiger partial charge in [-0.25, -0.2) is 4.79 Å². The first-order chi connectivity index (χ1) is 12.5. The van der Waals surface area contributed by atoms with E-state index < -0.39 is 6.09 Å². The lowest BCUT2D eigenvalue weighted by Gasteiger charge is -2.17. The second-order valence-corrected chi connectivity index (χ2v) is 6.13. The van der Waals surface area contributed by atoms with E-state index in [-0.39, 0.29) is 11.5 Å². The van der Waals surface area contributed by atoms with Crippen molar-refractivity contribution < 1.29 is 19.1 Å². The van der Waals surface area contributed by atoms with Crippen molar-refractivity contribution in [2.24, 2.45) is 0 Å². The van der Waals surface area contributed by atoms with Crippen LogP contribution in [0.3, 0.4) is 0 Å². The van der Waals surface area contributed by atoms with Gasteiger partial charge in [-0.05, 0) is 49.8 Å². The van der Waals surface area contributed by atoms with Gasteiger partial charge in [-0.2, -0.15) is 0 Å². The summed E-state index contributed by atoms with van der Waals surface area (Å²) >= 11 is 5.87. The van der Waals surface area contributed by atoms with Crippen LogP contribution in [0.25, 0.3) is 6.08 Å². The zero-order valence-electron chi connectivity index (χ0n) is 14.5. The Balaban J connectivity index is 1.80. The van der Waals surface area contributed by atoms with E-state index in [1.54, 1.807) is 53.4 Å². The van der Waals surface area contributed by atoms with Crippen molar-refractivity contribution in [3.05, 3.63) is 64.4 Å². The molecule has 0 unspecified atom stereocenters. The number of hydrogen-bond donors (Lipinski definition) is 0. The summed E-state index contributed by atoms with van der Waals surface area (Å²) in [4.78, 5) is 26.1. The monoisotopic (exact) mass is 371 g/mol. The zero-order chi connectivity index (χ0) is 18.7. The van der Waals surface area contributed by atoms with Gasteiger partial charge in [-0.1, -0.05) is 23.7 Å². The fourth-order valence-corrected chi connectivity index (χ4v) is 2.71. The molecule has 0 saturated carbocycles. The Labute approximate surface area is 156 Å². The molecule has 134 valence electrons. The molecule has 0 N–H and O–H groups in total. The van der Waals surface area contributed by atoms with Gasteiger partial charge in [-0.3, -0.25) is 4.79 Å². The zero-order valence-corrected chi connectivity index (χ0v) is 15.2. The van der Waals surface area contributed by atoms with Crippen LogP contribution in [0.4, 0.5) is 4.79 Å². The number of nitrogens with zero attached hydrogens (tertiary/aromatic N) is 1. The molecular formula is C20H18ClNO4. The highest BCUT2D eigenvalue weighted by molar-refractivity contribution is 6.30. The lowest BCUT2D eigenvalue weighted by Crippen LogP contribution is -2.33. The van der Waals surface area contributed by atoms with Crippen LogP contribution < -0.4 is 9.47 Å². The van der Waals surface area contributed by atoms with E-state index in [0.29, 0.717) is 35.2 Å². The van der Waals surface area contributed by atoms with Gasteiger partial charge >= 0.3 is 6.09 Å². The number of ketones is 1. The molecule has 0 fully saturated rings. The summed E-state index contributed by atoms with van der Waals surface area (Å²) in [7, 11) is 0. The van der Waals surface area contributed by atoms with Crippen molar-refractivity contribution >= 4 is 29.6 Å². The molecule has 1 aliphatic heterocycles. The van der Waals surface area contributed by atoms with Crippen molar-refractivity contribution in [3.63, 3.8) is 0 Å². The maximum atomic E-state index is 12.5. The highest BCUT2D eigenvalue weighted by Gasteiger charge is 2.28. The Kier molecular flexibility index (Phi) is 5.28. The normalized spacial score (nSPS) is 14.1. The van der Waals surface area contributed by atoms with Crippen LogP contribution in [-0.2, 0) is 0 Å².